The summed E-state index contributed by atoms with van der Waals surface area (Å²) in [6, 6.07) is 3.25. The van der Waals surface area contributed by atoms with Gasteiger partial charge >= 0.3 is 0 Å². The van der Waals surface area contributed by atoms with E-state index in [1.807, 2.05) is 9.80 Å². The lowest BCUT2D eigenvalue weighted by molar-refractivity contribution is -0.137. The molecule has 0 spiro atoms. The lowest BCUT2D eigenvalue weighted by Gasteiger charge is -2.37. The predicted molar refractivity (Wildman–Crippen MR) is 97.3 cm³/mol. The molecule has 2 aliphatic heterocycles. The summed E-state index contributed by atoms with van der Waals surface area (Å²) in [4.78, 5) is 21.3. The lowest BCUT2D eigenvalue weighted by Crippen LogP contribution is -2.46. The summed E-state index contributed by atoms with van der Waals surface area (Å²) in [5.41, 5.74) is 0. The first-order valence-corrected chi connectivity index (χ1v) is 10.9. The molecule has 6 nitrogen and oxygen atoms in total. The maximum atomic E-state index is 12.8. The van der Waals surface area contributed by atoms with Crippen molar-refractivity contribution in [1.29, 1.82) is 0 Å². The molecule has 2 saturated heterocycles. The second kappa shape index (κ2) is 7.32. The molecule has 25 heavy (non-hydrogen) atoms. The monoisotopic (exact) mass is 365 g/mol. The van der Waals surface area contributed by atoms with Crippen molar-refractivity contribution in [3.8, 4) is 0 Å². The molecule has 1 aromatic rings. The summed E-state index contributed by atoms with van der Waals surface area (Å²) < 4.78 is 24.0. The third-order valence-electron chi connectivity index (χ3n) is 5.26. The third-order valence-corrected chi connectivity index (χ3v) is 6.38. The molecule has 1 atom stereocenters. The molecule has 138 valence electrons. The molecule has 1 amide bonds. The fourth-order valence-electron chi connectivity index (χ4n) is 3.90. The van der Waals surface area contributed by atoms with Crippen LogP contribution in [0.15, 0.2) is 23.2 Å². The van der Waals surface area contributed by atoms with Gasteiger partial charge in [0.15, 0.2) is 9.84 Å². The zero-order valence-corrected chi connectivity index (χ0v) is 15.8. The molecule has 0 bridgehead atoms. The molecule has 7 heteroatoms. The van der Waals surface area contributed by atoms with Crippen molar-refractivity contribution in [2.75, 3.05) is 37.3 Å². The van der Waals surface area contributed by atoms with E-state index in [1.165, 1.54) is 12.7 Å². The number of hydrogen-bond donors (Lipinski definition) is 0. The van der Waals surface area contributed by atoms with Crippen LogP contribution in [0.3, 0.4) is 0 Å². The summed E-state index contributed by atoms with van der Waals surface area (Å²) in [7, 11) is -3.32. The normalized spacial score (nSPS) is 22.9. The summed E-state index contributed by atoms with van der Waals surface area (Å²) >= 11 is 0. The molecule has 2 fully saturated rings. The van der Waals surface area contributed by atoms with Crippen molar-refractivity contribution in [1.82, 2.24) is 9.88 Å². The first kappa shape index (κ1) is 18.2. The summed E-state index contributed by atoms with van der Waals surface area (Å²) in [6.07, 6.45) is 6.64. The largest absolute Gasteiger partial charge is 0.355 e. The average molecular weight is 365 g/mol. The molecule has 0 N–H and O–H groups in total. The van der Waals surface area contributed by atoms with E-state index in [9.17, 15) is 13.2 Å². The van der Waals surface area contributed by atoms with Gasteiger partial charge in [0, 0.05) is 44.5 Å². The van der Waals surface area contributed by atoms with Crippen LogP contribution in [0.1, 0.15) is 32.6 Å². The van der Waals surface area contributed by atoms with Crippen molar-refractivity contribution in [3.05, 3.63) is 18.3 Å². The number of rotatable bonds is 3. The van der Waals surface area contributed by atoms with Gasteiger partial charge in [0.25, 0.3) is 0 Å². The maximum Gasteiger partial charge on any atom is 0.225 e. The Labute approximate surface area is 150 Å². The Morgan fingerprint density at radius 1 is 1.20 bits per heavy atom. The Bertz CT molecular complexity index is 727. The number of aromatic nitrogens is 1. The van der Waals surface area contributed by atoms with Gasteiger partial charge in [0.2, 0.25) is 5.91 Å². The van der Waals surface area contributed by atoms with E-state index in [-0.39, 0.29) is 16.7 Å². The Morgan fingerprint density at radius 2 is 1.92 bits per heavy atom. The number of carbonyl (C=O) groups is 1. The number of nitrogens with zero attached hydrogens (tertiary/aromatic N) is 3. The second-order valence-corrected chi connectivity index (χ2v) is 9.37. The van der Waals surface area contributed by atoms with Gasteiger partial charge in [-0.25, -0.2) is 13.4 Å². The van der Waals surface area contributed by atoms with Crippen molar-refractivity contribution in [3.63, 3.8) is 0 Å². The number of anilines is 1. The number of pyridine rings is 1. The van der Waals surface area contributed by atoms with Gasteiger partial charge in [-0.15, -0.1) is 0 Å². The van der Waals surface area contributed by atoms with E-state index < -0.39 is 9.84 Å². The molecule has 3 heterocycles. The van der Waals surface area contributed by atoms with Crippen molar-refractivity contribution in [2.24, 2.45) is 11.8 Å². The van der Waals surface area contributed by atoms with Gasteiger partial charge in [0.1, 0.15) is 10.7 Å². The Balaban J connectivity index is 1.66. The number of hydrogen-bond acceptors (Lipinski definition) is 5. The quantitative estimate of drug-likeness (QED) is 0.819. The molecular formula is C18H27N3O3S. The minimum atomic E-state index is -3.32. The smallest absolute Gasteiger partial charge is 0.225 e. The van der Waals surface area contributed by atoms with Crippen LogP contribution >= 0.6 is 0 Å². The zero-order chi connectivity index (χ0) is 18.0. The highest BCUT2D eigenvalue weighted by Crippen LogP contribution is 2.29. The molecule has 0 radical (unpaired) electrons. The van der Waals surface area contributed by atoms with E-state index in [2.05, 4.69) is 11.9 Å². The lowest BCUT2D eigenvalue weighted by atomic mass is 9.93. The number of carbonyl (C=O) groups excluding carboxylic acids is 1. The summed E-state index contributed by atoms with van der Waals surface area (Å²) in [6.45, 7) is 5.29. The molecule has 3 rings (SSSR count). The fraction of sp³-hybridized carbons (Fsp3) is 0.667. The number of likely N-dealkylation sites (tertiary alicyclic amines) is 1. The fourth-order valence-corrected chi connectivity index (χ4v) is 4.73. The first-order chi connectivity index (χ1) is 11.9. The number of sulfone groups is 1. The van der Waals surface area contributed by atoms with Crippen LogP contribution in [-0.2, 0) is 14.6 Å². The van der Waals surface area contributed by atoms with E-state index in [4.69, 9.17) is 0 Å². The first-order valence-electron chi connectivity index (χ1n) is 9.05. The summed E-state index contributed by atoms with van der Waals surface area (Å²) in [5, 5.41) is 0. The van der Waals surface area contributed by atoms with Gasteiger partial charge in [-0.1, -0.05) is 6.92 Å². The van der Waals surface area contributed by atoms with E-state index in [0.29, 0.717) is 24.8 Å². The SMILES string of the molecule is CC1CCCN(C(=O)C2CCN(c3ncccc3S(C)(=O)=O)CC2)C1. The molecule has 1 unspecified atom stereocenters. The Kier molecular flexibility index (Phi) is 5.32. The van der Waals surface area contributed by atoms with Crippen molar-refractivity contribution in [2.45, 2.75) is 37.5 Å². The van der Waals surface area contributed by atoms with Crippen LogP contribution in [0.5, 0.6) is 0 Å². The molecule has 0 aliphatic carbocycles. The average Bonchev–Trinajstić information content (AvgIpc) is 2.60. The van der Waals surface area contributed by atoms with Gasteiger partial charge in [-0.05, 0) is 43.7 Å². The van der Waals surface area contributed by atoms with Gasteiger partial charge < -0.3 is 9.80 Å². The van der Waals surface area contributed by atoms with Crippen LogP contribution in [0.4, 0.5) is 5.82 Å². The molecular weight excluding hydrogens is 338 g/mol. The van der Waals surface area contributed by atoms with E-state index in [1.54, 1.807) is 18.3 Å². The minimum Gasteiger partial charge on any atom is -0.355 e. The molecule has 0 aromatic carbocycles. The van der Waals surface area contributed by atoms with Crippen molar-refractivity contribution >= 4 is 21.6 Å². The highest BCUT2D eigenvalue weighted by atomic mass is 32.2. The highest BCUT2D eigenvalue weighted by molar-refractivity contribution is 7.90. The molecule has 2 aliphatic rings. The van der Waals surface area contributed by atoms with Crippen LogP contribution in [0.2, 0.25) is 0 Å². The molecule has 0 saturated carbocycles. The number of piperidine rings is 2. The van der Waals surface area contributed by atoms with Crippen LogP contribution in [0, 0.1) is 11.8 Å². The zero-order valence-electron chi connectivity index (χ0n) is 15.0. The Morgan fingerprint density at radius 3 is 2.56 bits per heavy atom. The van der Waals surface area contributed by atoms with E-state index >= 15 is 0 Å². The standard InChI is InChI=1S/C18H27N3O3S/c1-14-5-4-10-21(13-14)18(22)15-7-11-20(12-8-15)17-16(25(2,23)24)6-3-9-19-17/h3,6,9,14-15H,4-5,7-8,10-13H2,1-2H3. The highest BCUT2D eigenvalue weighted by Gasteiger charge is 2.32. The second-order valence-electron chi connectivity index (χ2n) is 7.39. The Hall–Kier alpha value is -1.63. The van der Waals surface area contributed by atoms with Gasteiger partial charge in [0.05, 0.1) is 0 Å². The van der Waals surface area contributed by atoms with Crippen molar-refractivity contribution < 1.29 is 13.2 Å². The maximum absolute atomic E-state index is 12.8. The third kappa shape index (κ3) is 4.14. The van der Waals surface area contributed by atoms with Gasteiger partial charge in [-0.3, -0.25) is 4.79 Å². The molecule has 1 aromatic heterocycles. The summed E-state index contributed by atoms with van der Waals surface area (Å²) in [5.74, 6) is 1.42. The minimum absolute atomic E-state index is 0.0481. The predicted octanol–water partition coefficient (Wildman–Crippen LogP) is 1.96. The van der Waals surface area contributed by atoms with Crippen LogP contribution < -0.4 is 4.90 Å². The van der Waals surface area contributed by atoms with Crippen LogP contribution in [-0.4, -0.2) is 56.6 Å². The van der Waals surface area contributed by atoms with Crippen LogP contribution in [0.25, 0.3) is 0 Å². The number of amides is 1. The topological polar surface area (TPSA) is 70.6 Å². The van der Waals surface area contributed by atoms with E-state index in [0.717, 1.165) is 32.4 Å². The van der Waals surface area contributed by atoms with Gasteiger partial charge in [-0.2, -0.15) is 0 Å².